The van der Waals surface area contributed by atoms with E-state index in [2.05, 4.69) is 5.32 Å². The average molecular weight is 456 g/mol. The molecule has 8 heteroatoms. The number of hydrogen-bond acceptors (Lipinski definition) is 3. The van der Waals surface area contributed by atoms with Crippen LogP contribution in [0.5, 0.6) is 0 Å². The van der Waals surface area contributed by atoms with E-state index in [9.17, 15) is 17.6 Å². The molecule has 3 aromatic carbocycles. The Morgan fingerprint density at radius 2 is 1.53 bits per heavy atom. The number of amides is 1. The number of hydrogen-bond donors (Lipinski definition) is 1. The van der Waals surface area contributed by atoms with Crippen molar-refractivity contribution in [3.05, 3.63) is 101 Å². The maximum absolute atomic E-state index is 13.4. The summed E-state index contributed by atoms with van der Waals surface area (Å²) in [5.74, 6) is -0.985. The highest BCUT2D eigenvalue weighted by Gasteiger charge is 2.28. The van der Waals surface area contributed by atoms with Gasteiger partial charge in [-0.2, -0.15) is 12.7 Å². The van der Waals surface area contributed by atoms with Gasteiger partial charge in [-0.05, 0) is 47.9 Å². The summed E-state index contributed by atoms with van der Waals surface area (Å²) in [5.41, 5.74) is 2.98. The van der Waals surface area contributed by atoms with E-state index in [-0.39, 0.29) is 5.69 Å². The van der Waals surface area contributed by atoms with Crippen LogP contribution in [0.1, 0.15) is 22.7 Å². The van der Waals surface area contributed by atoms with E-state index in [0.29, 0.717) is 0 Å². The van der Waals surface area contributed by atoms with Gasteiger partial charge >= 0.3 is 10.2 Å². The molecule has 32 heavy (non-hydrogen) atoms. The molecule has 0 saturated carbocycles. The molecule has 0 aliphatic carbocycles. The molecule has 0 heterocycles. The summed E-state index contributed by atoms with van der Waals surface area (Å²) in [6.07, 6.45) is 0. The van der Waals surface area contributed by atoms with E-state index in [4.69, 9.17) is 0 Å². The molecule has 3 rings (SSSR count). The van der Waals surface area contributed by atoms with Gasteiger partial charge in [-0.15, -0.1) is 0 Å². The largest absolute Gasteiger partial charge is 0.344 e. The Morgan fingerprint density at radius 3 is 2.12 bits per heavy atom. The van der Waals surface area contributed by atoms with Gasteiger partial charge < -0.3 is 5.32 Å². The first kappa shape index (κ1) is 23.4. The first-order chi connectivity index (χ1) is 15.2. The topological polar surface area (TPSA) is 69.7 Å². The maximum atomic E-state index is 13.4. The van der Waals surface area contributed by atoms with Crippen molar-refractivity contribution in [1.29, 1.82) is 0 Å². The third-order valence-electron chi connectivity index (χ3n) is 5.08. The van der Waals surface area contributed by atoms with Crippen molar-refractivity contribution < 1.29 is 17.6 Å². The van der Waals surface area contributed by atoms with Gasteiger partial charge in [0.2, 0.25) is 5.91 Å². The molecular weight excluding hydrogens is 429 g/mol. The van der Waals surface area contributed by atoms with E-state index in [1.165, 1.54) is 26.2 Å². The number of benzene rings is 3. The molecule has 0 bridgehead atoms. The third kappa shape index (κ3) is 5.33. The van der Waals surface area contributed by atoms with Gasteiger partial charge in [0, 0.05) is 14.1 Å². The average Bonchev–Trinajstić information content (AvgIpc) is 2.77. The van der Waals surface area contributed by atoms with Crippen LogP contribution in [0.15, 0.2) is 78.9 Å². The van der Waals surface area contributed by atoms with Gasteiger partial charge in [-0.1, -0.05) is 54.6 Å². The number of nitrogens with zero attached hydrogens (tertiary/aromatic N) is 2. The van der Waals surface area contributed by atoms with Crippen LogP contribution in [0.3, 0.4) is 0 Å². The van der Waals surface area contributed by atoms with E-state index >= 15 is 0 Å². The lowest BCUT2D eigenvalue weighted by Gasteiger charge is -2.28. The van der Waals surface area contributed by atoms with E-state index in [0.717, 1.165) is 37.4 Å². The molecule has 0 fully saturated rings. The van der Waals surface area contributed by atoms with Crippen molar-refractivity contribution in [2.75, 3.05) is 24.9 Å². The zero-order chi connectivity index (χ0) is 23.3. The van der Waals surface area contributed by atoms with Crippen LogP contribution >= 0.6 is 0 Å². The number of anilines is 1. The van der Waals surface area contributed by atoms with E-state index in [1.807, 2.05) is 61.5 Å². The van der Waals surface area contributed by atoms with Crippen LogP contribution in [0.4, 0.5) is 10.1 Å². The summed E-state index contributed by atoms with van der Waals surface area (Å²) in [6, 6.07) is 21.7. The Hall–Kier alpha value is -3.23. The predicted molar refractivity (Wildman–Crippen MR) is 124 cm³/mol. The fourth-order valence-electron chi connectivity index (χ4n) is 3.34. The second kappa shape index (κ2) is 9.93. The van der Waals surface area contributed by atoms with E-state index < -0.39 is 34.5 Å². The fourth-order valence-corrected chi connectivity index (χ4v) is 4.41. The van der Waals surface area contributed by atoms with Crippen LogP contribution in [0, 0.1) is 12.7 Å². The number of nitrogens with one attached hydrogen (secondary N) is 1. The smallest absolute Gasteiger partial charge is 0.304 e. The summed E-state index contributed by atoms with van der Waals surface area (Å²) < 4.78 is 41.2. The quantitative estimate of drug-likeness (QED) is 0.564. The third-order valence-corrected chi connectivity index (χ3v) is 6.90. The second-order valence-corrected chi connectivity index (χ2v) is 9.61. The minimum atomic E-state index is -3.99. The minimum Gasteiger partial charge on any atom is -0.344 e. The molecule has 0 aromatic heterocycles. The minimum absolute atomic E-state index is 0.197. The highest BCUT2D eigenvalue weighted by molar-refractivity contribution is 7.90. The van der Waals surface area contributed by atoms with Gasteiger partial charge in [-0.3, -0.25) is 4.79 Å². The number of carbonyl (C=O) groups excluding carboxylic acids is 1. The Balaban J connectivity index is 1.94. The van der Waals surface area contributed by atoms with Crippen molar-refractivity contribution in [1.82, 2.24) is 9.62 Å². The first-order valence-corrected chi connectivity index (χ1v) is 11.5. The van der Waals surface area contributed by atoms with Crippen molar-refractivity contribution in [2.45, 2.75) is 13.0 Å². The van der Waals surface area contributed by atoms with Crippen molar-refractivity contribution >= 4 is 21.8 Å². The lowest BCUT2D eigenvalue weighted by atomic mass is 9.95. The first-order valence-electron chi connectivity index (χ1n) is 10.1. The summed E-state index contributed by atoms with van der Waals surface area (Å²) in [4.78, 5) is 13.1. The monoisotopic (exact) mass is 455 g/mol. The van der Waals surface area contributed by atoms with Crippen LogP contribution < -0.4 is 9.62 Å². The molecule has 0 aliphatic heterocycles. The molecule has 1 N–H and O–H groups in total. The highest BCUT2D eigenvalue weighted by Crippen LogP contribution is 2.25. The maximum Gasteiger partial charge on any atom is 0.304 e. The van der Waals surface area contributed by atoms with Crippen LogP contribution in [-0.4, -0.2) is 39.3 Å². The van der Waals surface area contributed by atoms with Crippen LogP contribution in [0.2, 0.25) is 0 Å². The van der Waals surface area contributed by atoms with Crippen LogP contribution in [0.25, 0.3) is 0 Å². The van der Waals surface area contributed by atoms with Gasteiger partial charge in [0.15, 0.2) is 0 Å². The summed E-state index contributed by atoms with van der Waals surface area (Å²) >= 11 is 0. The molecule has 3 aromatic rings. The lowest BCUT2D eigenvalue weighted by Crippen LogP contribution is -2.46. The predicted octanol–water partition coefficient (Wildman–Crippen LogP) is 3.65. The molecule has 6 nitrogen and oxygen atoms in total. The summed E-state index contributed by atoms with van der Waals surface area (Å²) in [6.45, 7) is 1.50. The number of halogens is 1. The molecule has 0 saturated heterocycles. The zero-order valence-corrected chi connectivity index (χ0v) is 19.0. The van der Waals surface area contributed by atoms with Crippen molar-refractivity contribution in [3.63, 3.8) is 0 Å². The normalized spacial score (nSPS) is 12.4. The lowest BCUT2D eigenvalue weighted by molar-refractivity contribution is -0.120. The Morgan fingerprint density at radius 1 is 0.938 bits per heavy atom. The number of rotatable bonds is 8. The van der Waals surface area contributed by atoms with Gasteiger partial charge in [0.25, 0.3) is 0 Å². The summed E-state index contributed by atoms with van der Waals surface area (Å²) in [7, 11) is -1.23. The second-order valence-electron chi connectivity index (χ2n) is 7.54. The molecule has 168 valence electrons. The summed E-state index contributed by atoms with van der Waals surface area (Å²) in [5, 5.41) is 2.98. The van der Waals surface area contributed by atoms with Crippen molar-refractivity contribution in [3.8, 4) is 0 Å². The molecule has 0 spiro atoms. The van der Waals surface area contributed by atoms with Gasteiger partial charge in [-0.25, -0.2) is 8.70 Å². The molecule has 0 radical (unpaired) electrons. The highest BCUT2D eigenvalue weighted by atomic mass is 32.2. The standard InChI is InChI=1S/C24H26FN3O3S/c1-18-9-7-8-12-22(18)24(19-10-5-4-6-11-19)26-23(29)17-28(32(30,31)27(2)3)21-15-13-20(25)14-16-21/h4-16,24H,17H2,1-3H3,(H,26,29)/t24-/m1/s1. The van der Waals surface area contributed by atoms with E-state index in [1.54, 1.807) is 0 Å². The Kier molecular flexibility index (Phi) is 7.27. The van der Waals surface area contributed by atoms with Crippen LogP contribution in [-0.2, 0) is 15.0 Å². The molecule has 1 atom stereocenters. The SMILES string of the molecule is Cc1ccccc1[C@H](NC(=O)CN(c1ccc(F)cc1)S(=O)(=O)N(C)C)c1ccccc1. The number of aryl methyl sites for hydroxylation is 1. The fraction of sp³-hybridized carbons (Fsp3) is 0.208. The molecule has 1 amide bonds. The molecule has 0 aliphatic rings. The molecule has 0 unspecified atom stereocenters. The Labute approximate surface area is 188 Å². The zero-order valence-electron chi connectivity index (χ0n) is 18.2. The number of carbonyl (C=O) groups is 1. The van der Waals surface area contributed by atoms with Gasteiger partial charge in [0.1, 0.15) is 12.4 Å². The Bertz CT molecular complexity index is 1170. The van der Waals surface area contributed by atoms with Gasteiger partial charge in [0.05, 0.1) is 11.7 Å². The molecular formula is C24H26FN3O3S. The van der Waals surface area contributed by atoms with Crippen molar-refractivity contribution in [2.24, 2.45) is 0 Å².